The molecule has 2 rings (SSSR count). The van der Waals surface area contributed by atoms with Gasteiger partial charge < -0.3 is 0 Å². The normalized spacial score (nSPS) is 47.8. The van der Waals surface area contributed by atoms with Crippen molar-refractivity contribution in [1.29, 1.82) is 0 Å². The van der Waals surface area contributed by atoms with Crippen LogP contribution in [0.5, 0.6) is 0 Å². The second kappa shape index (κ2) is 1.36. The number of hydrogen-bond donors (Lipinski definition) is 0. The van der Waals surface area contributed by atoms with E-state index in [1.807, 2.05) is 0 Å². The maximum atomic E-state index is 13.0. The van der Waals surface area contributed by atoms with Crippen LogP contribution in [0.3, 0.4) is 0 Å². The van der Waals surface area contributed by atoms with E-state index in [1.54, 1.807) is 0 Å². The van der Waals surface area contributed by atoms with Gasteiger partial charge in [-0.05, 0) is 31.3 Å². The smallest absolute Gasteiger partial charge is 0.162 e. The quantitative estimate of drug-likeness (QED) is 0.472. The van der Waals surface area contributed by atoms with Crippen LogP contribution in [0.15, 0.2) is 11.9 Å². The molecule has 0 radical (unpaired) electrons. The summed E-state index contributed by atoms with van der Waals surface area (Å²) >= 11 is 0. The van der Waals surface area contributed by atoms with Gasteiger partial charge in [0.15, 0.2) is 5.67 Å². The summed E-state index contributed by atoms with van der Waals surface area (Å²) in [5.41, 5.74) is -1.54. The molecule has 0 amide bonds. The van der Waals surface area contributed by atoms with Crippen molar-refractivity contribution in [1.82, 2.24) is 0 Å². The number of rotatable bonds is 0. The minimum Gasteiger partial charge on any atom is -0.236 e. The van der Waals surface area contributed by atoms with Crippen LogP contribution in [0.1, 0.15) is 19.3 Å². The van der Waals surface area contributed by atoms with Crippen molar-refractivity contribution in [3.05, 3.63) is 11.9 Å². The van der Waals surface area contributed by atoms with Gasteiger partial charge in [0, 0.05) is 0 Å². The molecule has 50 valence electrons. The van der Waals surface area contributed by atoms with Crippen molar-refractivity contribution in [3.63, 3.8) is 0 Å². The van der Waals surface area contributed by atoms with E-state index in [-0.39, 0.29) is 5.92 Å². The van der Waals surface area contributed by atoms with Gasteiger partial charge in [0.2, 0.25) is 0 Å². The van der Waals surface area contributed by atoms with Crippen LogP contribution >= 0.6 is 0 Å². The molecule has 0 aliphatic heterocycles. The van der Waals surface area contributed by atoms with Crippen molar-refractivity contribution in [2.24, 2.45) is 5.92 Å². The van der Waals surface area contributed by atoms with Gasteiger partial charge in [-0.25, -0.2) is 8.78 Å². The summed E-state index contributed by atoms with van der Waals surface area (Å²) in [6.07, 6.45) is 3.08. The molecule has 2 aliphatic carbocycles. The first-order valence-electron chi connectivity index (χ1n) is 3.27. The van der Waals surface area contributed by atoms with E-state index in [9.17, 15) is 8.78 Å². The summed E-state index contributed by atoms with van der Waals surface area (Å²) in [6.45, 7) is 0. The Bertz CT molecular complexity index is 174. The van der Waals surface area contributed by atoms with Gasteiger partial charge in [0.05, 0.1) is 0 Å². The van der Waals surface area contributed by atoms with E-state index in [1.165, 1.54) is 6.08 Å². The van der Waals surface area contributed by atoms with Gasteiger partial charge in [-0.2, -0.15) is 0 Å². The molecule has 2 aliphatic rings. The first-order valence-corrected chi connectivity index (χ1v) is 3.27. The Hall–Kier alpha value is -0.400. The minimum absolute atomic E-state index is 0.204. The molecule has 2 atom stereocenters. The van der Waals surface area contributed by atoms with Crippen LogP contribution in [-0.2, 0) is 0 Å². The van der Waals surface area contributed by atoms with Crippen molar-refractivity contribution in [2.75, 3.05) is 0 Å². The second-order valence-corrected chi connectivity index (χ2v) is 2.98. The van der Waals surface area contributed by atoms with Gasteiger partial charge in [-0.1, -0.05) is 0 Å². The zero-order valence-electron chi connectivity index (χ0n) is 5.03. The Morgan fingerprint density at radius 3 is 2.67 bits per heavy atom. The summed E-state index contributed by atoms with van der Waals surface area (Å²) in [5.74, 6) is -0.311. The lowest BCUT2D eigenvalue weighted by molar-refractivity contribution is 0.190. The van der Waals surface area contributed by atoms with Crippen molar-refractivity contribution in [2.45, 2.75) is 24.9 Å². The standard InChI is InChI=1S/C7H8F2/c8-6-3-5-1-2-7(6,9)4-5/h3,5H,1-2,4H2. The fourth-order valence-electron chi connectivity index (χ4n) is 1.75. The molecule has 0 N–H and O–H groups in total. The predicted molar refractivity (Wildman–Crippen MR) is 30.4 cm³/mol. The highest BCUT2D eigenvalue weighted by Gasteiger charge is 2.47. The lowest BCUT2D eigenvalue weighted by atomic mass is 10.0. The number of hydrogen-bond acceptors (Lipinski definition) is 0. The van der Waals surface area contributed by atoms with E-state index in [4.69, 9.17) is 0 Å². The zero-order chi connectivity index (χ0) is 6.48. The fourth-order valence-corrected chi connectivity index (χ4v) is 1.75. The Morgan fingerprint density at radius 2 is 2.44 bits per heavy atom. The first-order chi connectivity index (χ1) is 4.21. The SMILES string of the molecule is FC1=CC2CCC1(F)C2. The molecule has 0 saturated heterocycles. The van der Waals surface area contributed by atoms with E-state index in [2.05, 4.69) is 0 Å². The Balaban J connectivity index is 2.37. The third-order valence-electron chi connectivity index (χ3n) is 2.31. The molecule has 1 fully saturated rings. The average Bonchev–Trinajstić information content (AvgIpc) is 2.22. The second-order valence-electron chi connectivity index (χ2n) is 2.98. The highest BCUT2D eigenvalue weighted by molar-refractivity contribution is 5.23. The minimum atomic E-state index is -1.54. The molecule has 0 aromatic rings. The first kappa shape index (κ1) is 5.39. The molecule has 2 unspecified atom stereocenters. The summed E-state index contributed by atoms with van der Waals surface area (Å²) < 4.78 is 25.5. The molecule has 2 bridgehead atoms. The topological polar surface area (TPSA) is 0 Å². The number of allylic oxidation sites excluding steroid dienone is 2. The van der Waals surface area contributed by atoms with Gasteiger partial charge in [0.1, 0.15) is 5.83 Å². The van der Waals surface area contributed by atoms with Gasteiger partial charge >= 0.3 is 0 Å². The van der Waals surface area contributed by atoms with Crippen LogP contribution in [0.25, 0.3) is 0 Å². The molecule has 0 heterocycles. The van der Waals surface area contributed by atoms with E-state index in [0.29, 0.717) is 12.8 Å². The van der Waals surface area contributed by atoms with Crippen LogP contribution < -0.4 is 0 Å². The zero-order valence-corrected chi connectivity index (χ0v) is 5.03. The molecule has 0 nitrogen and oxygen atoms in total. The molecule has 0 spiro atoms. The third-order valence-corrected chi connectivity index (χ3v) is 2.31. The number of halogens is 2. The largest absolute Gasteiger partial charge is 0.236 e. The molecule has 0 aromatic heterocycles. The van der Waals surface area contributed by atoms with Gasteiger partial charge in [-0.3, -0.25) is 0 Å². The summed E-state index contributed by atoms with van der Waals surface area (Å²) in [5, 5.41) is 0. The predicted octanol–water partition coefficient (Wildman–Crippen LogP) is 2.36. The lowest BCUT2D eigenvalue weighted by Crippen LogP contribution is -2.15. The number of fused-ring (bicyclic) bond motifs is 2. The average molecular weight is 130 g/mol. The fraction of sp³-hybridized carbons (Fsp3) is 0.714. The summed E-state index contributed by atoms with van der Waals surface area (Å²) in [6, 6.07) is 0. The molecule has 1 saturated carbocycles. The molecule has 2 heteroatoms. The summed E-state index contributed by atoms with van der Waals surface area (Å²) in [4.78, 5) is 0. The lowest BCUT2D eigenvalue weighted by Gasteiger charge is -2.12. The summed E-state index contributed by atoms with van der Waals surface area (Å²) in [7, 11) is 0. The third kappa shape index (κ3) is 0.562. The van der Waals surface area contributed by atoms with Crippen molar-refractivity contribution >= 4 is 0 Å². The van der Waals surface area contributed by atoms with Crippen LogP contribution in [0.2, 0.25) is 0 Å². The van der Waals surface area contributed by atoms with Crippen LogP contribution in [0, 0.1) is 5.92 Å². The van der Waals surface area contributed by atoms with E-state index < -0.39 is 11.5 Å². The Kier molecular flexibility index (Phi) is 0.815. The highest BCUT2D eigenvalue weighted by Crippen LogP contribution is 2.50. The Morgan fingerprint density at radius 1 is 1.67 bits per heavy atom. The Labute approximate surface area is 52.6 Å². The van der Waals surface area contributed by atoms with Crippen LogP contribution in [-0.4, -0.2) is 5.67 Å². The van der Waals surface area contributed by atoms with Crippen molar-refractivity contribution < 1.29 is 8.78 Å². The molecular weight excluding hydrogens is 122 g/mol. The molecule has 9 heavy (non-hydrogen) atoms. The van der Waals surface area contributed by atoms with E-state index in [0.717, 1.165) is 6.42 Å². The van der Waals surface area contributed by atoms with E-state index >= 15 is 0 Å². The maximum absolute atomic E-state index is 13.0. The van der Waals surface area contributed by atoms with Gasteiger partial charge in [0.25, 0.3) is 0 Å². The molecular formula is C7H8F2. The highest BCUT2D eigenvalue weighted by atomic mass is 19.2. The van der Waals surface area contributed by atoms with Gasteiger partial charge in [-0.15, -0.1) is 0 Å². The maximum Gasteiger partial charge on any atom is 0.162 e. The van der Waals surface area contributed by atoms with Crippen molar-refractivity contribution in [3.8, 4) is 0 Å². The molecule has 0 aromatic carbocycles. The van der Waals surface area contributed by atoms with Crippen LogP contribution in [0.4, 0.5) is 8.78 Å². The monoisotopic (exact) mass is 130 g/mol. The number of alkyl halides is 1.